The van der Waals surface area contributed by atoms with E-state index in [-0.39, 0.29) is 24.5 Å². The van der Waals surface area contributed by atoms with Crippen molar-refractivity contribution in [3.8, 4) is 0 Å². The van der Waals surface area contributed by atoms with Crippen molar-refractivity contribution in [2.45, 2.75) is 38.3 Å². The van der Waals surface area contributed by atoms with E-state index >= 15 is 0 Å². The van der Waals surface area contributed by atoms with Gasteiger partial charge in [-0.05, 0) is 34.9 Å². The van der Waals surface area contributed by atoms with E-state index in [1.807, 2.05) is 72.8 Å². The third-order valence-corrected chi connectivity index (χ3v) is 5.37. The summed E-state index contributed by atoms with van der Waals surface area (Å²) in [5.41, 5.74) is 3.03. The summed E-state index contributed by atoms with van der Waals surface area (Å²) in [5, 5.41) is 10.8. The van der Waals surface area contributed by atoms with Crippen LogP contribution < -0.4 is 0 Å². The van der Waals surface area contributed by atoms with Crippen LogP contribution >= 0.6 is 0 Å². The molecule has 1 aliphatic rings. The maximum absolute atomic E-state index is 10.8. The number of nitro groups is 1. The van der Waals surface area contributed by atoms with Gasteiger partial charge >= 0.3 is 0 Å². The summed E-state index contributed by atoms with van der Waals surface area (Å²) in [6.07, 6.45) is 2.57. The number of hydrogen-bond donors (Lipinski definition) is 0. The molecule has 0 aromatic heterocycles. The van der Waals surface area contributed by atoms with Crippen molar-refractivity contribution < 1.29 is 23.9 Å². The third kappa shape index (κ3) is 7.07. The molecule has 176 valence electrons. The normalized spacial score (nSPS) is 19.7. The molecule has 7 nitrogen and oxygen atoms in total. The fourth-order valence-electron chi connectivity index (χ4n) is 3.54. The summed E-state index contributed by atoms with van der Waals surface area (Å²) < 4.78 is 24.1. The summed E-state index contributed by atoms with van der Waals surface area (Å²) in [7, 11) is 0. The van der Waals surface area contributed by atoms with Gasteiger partial charge in [0.15, 0.2) is 6.29 Å². The minimum atomic E-state index is -0.572. The lowest BCUT2D eigenvalue weighted by Crippen LogP contribution is -2.41. The molecule has 3 aromatic carbocycles. The van der Waals surface area contributed by atoms with Gasteiger partial charge in [0.25, 0.3) is 5.69 Å². The summed E-state index contributed by atoms with van der Waals surface area (Å²) in [5.74, 6) is 0. The second kappa shape index (κ2) is 12.2. The van der Waals surface area contributed by atoms with Crippen molar-refractivity contribution in [3.05, 3.63) is 124 Å². The van der Waals surface area contributed by atoms with E-state index in [0.29, 0.717) is 19.8 Å². The molecule has 0 radical (unpaired) electrons. The van der Waals surface area contributed by atoms with Crippen molar-refractivity contribution in [3.63, 3.8) is 0 Å². The fourth-order valence-corrected chi connectivity index (χ4v) is 3.54. The van der Waals surface area contributed by atoms with Crippen LogP contribution in [-0.2, 0) is 38.8 Å². The Bertz CT molecular complexity index is 1060. The average Bonchev–Trinajstić information content (AvgIpc) is 2.88. The van der Waals surface area contributed by atoms with Crippen LogP contribution in [0.15, 0.2) is 97.1 Å². The van der Waals surface area contributed by atoms with Crippen molar-refractivity contribution in [1.29, 1.82) is 0 Å². The second-order valence-corrected chi connectivity index (χ2v) is 7.92. The quantitative estimate of drug-likeness (QED) is 0.222. The van der Waals surface area contributed by atoms with Crippen LogP contribution in [0.1, 0.15) is 16.7 Å². The van der Waals surface area contributed by atoms with Gasteiger partial charge in [0.2, 0.25) is 0 Å². The first kappa shape index (κ1) is 23.8. The maximum atomic E-state index is 10.8. The van der Waals surface area contributed by atoms with Crippen LogP contribution in [0.4, 0.5) is 5.69 Å². The molecule has 1 aliphatic heterocycles. The Morgan fingerprint density at radius 2 is 1.32 bits per heavy atom. The first-order valence-electron chi connectivity index (χ1n) is 11.1. The van der Waals surface area contributed by atoms with Gasteiger partial charge in [-0.25, -0.2) is 0 Å². The summed E-state index contributed by atoms with van der Waals surface area (Å²) >= 11 is 0. The zero-order chi connectivity index (χ0) is 23.6. The van der Waals surface area contributed by atoms with E-state index < -0.39 is 11.2 Å². The van der Waals surface area contributed by atoms with Crippen LogP contribution in [0.2, 0.25) is 0 Å². The molecular weight excluding hydrogens is 434 g/mol. The topological polar surface area (TPSA) is 80.1 Å². The van der Waals surface area contributed by atoms with Gasteiger partial charge in [0.1, 0.15) is 12.2 Å². The van der Waals surface area contributed by atoms with Crippen LogP contribution in [0.3, 0.4) is 0 Å². The highest BCUT2D eigenvalue weighted by Gasteiger charge is 2.29. The maximum Gasteiger partial charge on any atom is 0.269 e. The van der Waals surface area contributed by atoms with Gasteiger partial charge in [-0.2, -0.15) is 0 Å². The number of non-ortho nitro benzene ring substituents is 1. The van der Waals surface area contributed by atoms with E-state index in [1.54, 1.807) is 12.1 Å². The smallest absolute Gasteiger partial charge is 0.269 e. The highest BCUT2D eigenvalue weighted by Crippen LogP contribution is 2.21. The minimum absolute atomic E-state index is 0.0478. The molecule has 0 saturated heterocycles. The van der Waals surface area contributed by atoms with E-state index in [2.05, 4.69) is 0 Å². The number of nitro benzene ring substituents is 1. The average molecular weight is 462 g/mol. The van der Waals surface area contributed by atoms with E-state index in [4.69, 9.17) is 18.9 Å². The highest BCUT2D eigenvalue weighted by molar-refractivity contribution is 5.32. The molecule has 0 unspecified atom stereocenters. The van der Waals surface area contributed by atoms with Crippen LogP contribution in [0.25, 0.3) is 0 Å². The lowest BCUT2D eigenvalue weighted by atomic mass is 10.1. The van der Waals surface area contributed by atoms with Gasteiger partial charge in [-0.3, -0.25) is 10.1 Å². The van der Waals surface area contributed by atoms with Crippen molar-refractivity contribution >= 4 is 5.69 Å². The fraction of sp³-hybridized carbons (Fsp3) is 0.259. The first-order valence-corrected chi connectivity index (χ1v) is 11.1. The SMILES string of the molecule is O=[N+]([O-])c1ccc(CO[C@@H]2C=C[C@H](OCc3ccccc3)[C@@H](COCc3ccccc3)O2)cc1. The third-order valence-electron chi connectivity index (χ3n) is 5.37. The molecule has 4 rings (SSSR count). The highest BCUT2D eigenvalue weighted by atomic mass is 16.7. The first-order chi connectivity index (χ1) is 16.7. The zero-order valence-corrected chi connectivity index (χ0v) is 18.7. The molecule has 7 heteroatoms. The number of hydrogen-bond acceptors (Lipinski definition) is 6. The Labute approximate surface area is 198 Å². The second-order valence-electron chi connectivity index (χ2n) is 7.92. The Morgan fingerprint density at radius 1 is 0.735 bits per heavy atom. The molecule has 0 N–H and O–H groups in total. The van der Waals surface area contributed by atoms with E-state index in [1.165, 1.54) is 12.1 Å². The predicted molar refractivity (Wildman–Crippen MR) is 127 cm³/mol. The lowest BCUT2D eigenvalue weighted by molar-refractivity contribution is -0.384. The van der Waals surface area contributed by atoms with Gasteiger partial charge < -0.3 is 18.9 Å². The van der Waals surface area contributed by atoms with Crippen LogP contribution in [-0.4, -0.2) is 30.0 Å². The molecule has 0 amide bonds. The molecular formula is C27H27NO6. The van der Waals surface area contributed by atoms with Gasteiger partial charge in [0, 0.05) is 12.1 Å². The molecule has 0 spiro atoms. The minimum Gasteiger partial charge on any atom is -0.374 e. The zero-order valence-electron chi connectivity index (χ0n) is 18.7. The largest absolute Gasteiger partial charge is 0.374 e. The van der Waals surface area contributed by atoms with Gasteiger partial charge in [-0.1, -0.05) is 66.7 Å². The molecule has 0 saturated carbocycles. The monoisotopic (exact) mass is 461 g/mol. The van der Waals surface area contributed by atoms with Crippen LogP contribution in [0, 0.1) is 10.1 Å². The van der Waals surface area contributed by atoms with Gasteiger partial charge in [-0.15, -0.1) is 0 Å². The number of benzene rings is 3. The predicted octanol–water partition coefficient (Wildman–Crippen LogP) is 5.19. The molecule has 3 aromatic rings. The molecule has 0 fully saturated rings. The van der Waals surface area contributed by atoms with E-state index in [9.17, 15) is 10.1 Å². The lowest BCUT2D eigenvalue weighted by Gasteiger charge is -2.32. The molecule has 1 heterocycles. The summed E-state index contributed by atoms with van der Waals surface area (Å²) in [6.45, 7) is 1.54. The molecule has 34 heavy (non-hydrogen) atoms. The Balaban J connectivity index is 1.35. The number of nitrogens with zero attached hydrogens (tertiary/aromatic N) is 1. The number of ether oxygens (including phenoxy) is 4. The summed E-state index contributed by atoms with van der Waals surface area (Å²) in [4.78, 5) is 10.4. The van der Waals surface area contributed by atoms with Crippen molar-refractivity contribution in [1.82, 2.24) is 0 Å². The van der Waals surface area contributed by atoms with Crippen molar-refractivity contribution in [2.24, 2.45) is 0 Å². The van der Waals surface area contributed by atoms with Crippen molar-refractivity contribution in [2.75, 3.05) is 6.61 Å². The Kier molecular flexibility index (Phi) is 8.54. The molecule has 0 aliphatic carbocycles. The molecule has 0 bridgehead atoms. The number of rotatable bonds is 11. The summed E-state index contributed by atoms with van der Waals surface area (Å²) in [6, 6.07) is 26.2. The van der Waals surface area contributed by atoms with Crippen LogP contribution in [0.5, 0.6) is 0 Å². The Hall–Kier alpha value is -3.36. The van der Waals surface area contributed by atoms with E-state index in [0.717, 1.165) is 16.7 Å². The molecule has 3 atom stereocenters. The Morgan fingerprint density at radius 3 is 1.97 bits per heavy atom. The van der Waals surface area contributed by atoms with Gasteiger partial charge in [0.05, 0.1) is 31.4 Å². The standard InChI is InChI=1S/C27H27NO6/c29-28(30)24-13-11-23(12-14-24)19-33-27-16-15-25(32-18-22-9-5-2-6-10-22)26(34-27)20-31-17-21-7-3-1-4-8-21/h1-16,25-27H,17-20H2/t25-,26+,27-/m0/s1.